The summed E-state index contributed by atoms with van der Waals surface area (Å²) in [6.45, 7) is 4.79. The molecule has 2 saturated carbocycles. The maximum atomic E-state index is 14.0. The predicted molar refractivity (Wildman–Crippen MR) is 147 cm³/mol. The number of nitrogens with zero attached hydrogens (tertiary/aromatic N) is 2. The lowest BCUT2D eigenvalue weighted by atomic mass is 9.49. The van der Waals surface area contributed by atoms with E-state index in [2.05, 4.69) is 25.3 Å². The standard InChI is InChI=1S/C32H39N3O2/c1-31-20-18-26-24(14-17-28-32(26,2)21-19-29(36)34(28)3)25(31)15-16-27(31)30(37)33-35(22-10-6-4-7-11-22)23-12-8-5-9-13-23/h4-13,17,24-27H,14-16,18-21H2,1-3H3,(H,33,37)/t24-,25-,26-,27+,31-,32+/m0/s1. The normalized spacial score (nSPS) is 34.6. The van der Waals surface area contributed by atoms with Gasteiger partial charge in [-0.05, 0) is 86.0 Å². The van der Waals surface area contributed by atoms with Crippen LogP contribution in [0.4, 0.5) is 11.4 Å². The second kappa shape index (κ2) is 9.04. The molecule has 4 aliphatic rings. The van der Waals surface area contributed by atoms with Crippen LogP contribution >= 0.6 is 0 Å². The number of rotatable bonds is 4. The molecule has 2 aromatic carbocycles. The maximum absolute atomic E-state index is 14.0. The molecule has 2 amide bonds. The number of allylic oxidation sites excluding steroid dienone is 2. The van der Waals surface area contributed by atoms with Gasteiger partial charge in [0, 0.05) is 30.5 Å². The SMILES string of the molecule is CN1C(=O)CC[C@@]2(C)C1=CC[C@H]1[C@@H]3CC[C@H](C(=O)NN(c4ccccc4)c4ccccc4)[C@@]3(C)CC[C@@H]12. The Labute approximate surface area is 220 Å². The minimum atomic E-state index is 0.00200. The van der Waals surface area contributed by atoms with Gasteiger partial charge in [-0.25, -0.2) is 0 Å². The van der Waals surface area contributed by atoms with E-state index in [9.17, 15) is 9.59 Å². The van der Waals surface area contributed by atoms with Crippen LogP contribution in [-0.2, 0) is 9.59 Å². The number of benzene rings is 2. The van der Waals surface area contributed by atoms with Gasteiger partial charge >= 0.3 is 0 Å². The third kappa shape index (κ3) is 3.81. The molecule has 37 heavy (non-hydrogen) atoms. The smallest absolute Gasteiger partial charge is 0.242 e. The second-order valence-electron chi connectivity index (χ2n) is 12.2. The highest BCUT2D eigenvalue weighted by Crippen LogP contribution is 2.66. The van der Waals surface area contributed by atoms with Gasteiger partial charge in [-0.2, -0.15) is 0 Å². The van der Waals surface area contributed by atoms with E-state index in [0.717, 1.165) is 49.9 Å². The number of para-hydroxylation sites is 2. The molecule has 0 radical (unpaired) electrons. The summed E-state index contributed by atoms with van der Waals surface area (Å²) in [7, 11) is 1.96. The van der Waals surface area contributed by atoms with Crippen LogP contribution < -0.4 is 10.4 Å². The molecule has 0 unspecified atom stereocenters. The molecule has 1 saturated heterocycles. The molecular weight excluding hydrogens is 458 g/mol. The fourth-order valence-electron chi connectivity index (χ4n) is 8.63. The van der Waals surface area contributed by atoms with Crippen LogP contribution in [0, 0.1) is 34.5 Å². The summed E-state index contributed by atoms with van der Waals surface area (Å²) >= 11 is 0. The zero-order valence-electron chi connectivity index (χ0n) is 22.3. The lowest BCUT2D eigenvalue weighted by molar-refractivity contribution is -0.138. The van der Waals surface area contributed by atoms with E-state index in [1.54, 1.807) is 0 Å². The zero-order chi connectivity index (χ0) is 25.8. The molecule has 6 atom stereocenters. The number of nitrogens with one attached hydrogen (secondary N) is 1. The van der Waals surface area contributed by atoms with E-state index in [4.69, 9.17) is 0 Å². The van der Waals surface area contributed by atoms with E-state index in [1.165, 1.54) is 5.70 Å². The van der Waals surface area contributed by atoms with Crippen molar-refractivity contribution in [2.24, 2.45) is 34.5 Å². The van der Waals surface area contributed by atoms with E-state index >= 15 is 0 Å². The van der Waals surface area contributed by atoms with Gasteiger partial charge in [0.25, 0.3) is 0 Å². The van der Waals surface area contributed by atoms with Crippen molar-refractivity contribution in [1.29, 1.82) is 0 Å². The first-order valence-electron chi connectivity index (χ1n) is 14.0. The molecule has 1 aliphatic heterocycles. The van der Waals surface area contributed by atoms with Gasteiger partial charge in [-0.1, -0.05) is 56.3 Å². The second-order valence-corrected chi connectivity index (χ2v) is 12.2. The first-order chi connectivity index (χ1) is 17.8. The van der Waals surface area contributed by atoms with Crippen LogP contribution in [0.25, 0.3) is 0 Å². The lowest BCUT2D eigenvalue weighted by Crippen LogP contribution is -2.54. The van der Waals surface area contributed by atoms with E-state index in [-0.39, 0.29) is 28.6 Å². The Morgan fingerprint density at radius 2 is 1.57 bits per heavy atom. The Hall–Kier alpha value is -3.08. The van der Waals surface area contributed by atoms with Gasteiger partial charge in [-0.3, -0.25) is 20.0 Å². The average Bonchev–Trinajstić information content (AvgIpc) is 3.28. The van der Waals surface area contributed by atoms with Gasteiger partial charge in [0.05, 0.1) is 11.4 Å². The number of hydrogen-bond donors (Lipinski definition) is 1. The molecule has 6 rings (SSSR count). The van der Waals surface area contributed by atoms with Crippen molar-refractivity contribution in [1.82, 2.24) is 10.3 Å². The Morgan fingerprint density at radius 3 is 2.22 bits per heavy atom. The molecule has 0 aromatic heterocycles. The van der Waals surface area contributed by atoms with Crippen LogP contribution in [0.1, 0.15) is 58.8 Å². The largest absolute Gasteiger partial charge is 0.319 e. The minimum Gasteiger partial charge on any atom is -0.319 e. The molecule has 0 spiro atoms. The summed E-state index contributed by atoms with van der Waals surface area (Å²) < 4.78 is 0. The predicted octanol–water partition coefficient (Wildman–Crippen LogP) is 6.46. The maximum Gasteiger partial charge on any atom is 0.242 e. The number of fused-ring (bicyclic) bond motifs is 5. The highest BCUT2D eigenvalue weighted by atomic mass is 16.2. The molecule has 5 heteroatoms. The Bertz CT molecular complexity index is 1170. The first-order valence-corrected chi connectivity index (χ1v) is 14.0. The molecule has 1 heterocycles. The van der Waals surface area contributed by atoms with Crippen molar-refractivity contribution in [2.45, 2.75) is 58.8 Å². The molecular formula is C32H39N3O2. The summed E-state index contributed by atoms with van der Waals surface area (Å²) in [5.74, 6) is 2.11. The lowest BCUT2D eigenvalue weighted by Gasteiger charge is -2.58. The number of amides is 2. The van der Waals surface area contributed by atoms with Crippen LogP contribution in [0.3, 0.4) is 0 Å². The zero-order valence-corrected chi connectivity index (χ0v) is 22.3. The molecule has 5 nitrogen and oxygen atoms in total. The van der Waals surface area contributed by atoms with Crippen molar-refractivity contribution in [2.75, 3.05) is 12.1 Å². The van der Waals surface area contributed by atoms with E-state index in [0.29, 0.717) is 24.2 Å². The number of likely N-dealkylation sites (tertiary alicyclic amines) is 1. The van der Waals surface area contributed by atoms with Crippen molar-refractivity contribution in [3.05, 3.63) is 72.4 Å². The fourth-order valence-corrected chi connectivity index (χ4v) is 8.63. The number of anilines is 2. The van der Waals surface area contributed by atoms with E-state index in [1.807, 2.05) is 77.6 Å². The van der Waals surface area contributed by atoms with Crippen LogP contribution in [-0.4, -0.2) is 23.8 Å². The number of hydrazine groups is 1. The monoisotopic (exact) mass is 497 g/mol. The molecule has 3 aliphatic carbocycles. The summed E-state index contributed by atoms with van der Waals surface area (Å²) in [4.78, 5) is 28.3. The number of hydrogen-bond acceptors (Lipinski definition) is 3. The average molecular weight is 498 g/mol. The van der Waals surface area contributed by atoms with Crippen molar-refractivity contribution in [3.8, 4) is 0 Å². The number of carbonyl (C=O) groups is 2. The highest BCUT2D eigenvalue weighted by molar-refractivity contribution is 5.84. The molecule has 194 valence electrons. The van der Waals surface area contributed by atoms with Crippen molar-refractivity contribution >= 4 is 23.2 Å². The summed E-state index contributed by atoms with van der Waals surface area (Å²) in [6, 6.07) is 20.2. The van der Waals surface area contributed by atoms with Gasteiger partial charge in [-0.15, -0.1) is 0 Å². The molecule has 2 aromatic rings. The fraction of sp³-hybridized carbons (Fsp3) is 0.500. The highest BCUT2D eigenvalue weighted by Gasteiger charge is 2.60. The third-order valence-electron chi connectivity index (χ3n) is 10.6. The van der Waals surface area contributed by atoms with Crippen LogP contribution in [0.2, 0.25) is 0 Å². The van der Waals surface area contributed by atoms with Gasteiger partial charge in [0.15, 0.2) is 0 Å². The molecule has 0 bridgehead atoms. The van der Waals surface area contributed by atoms with Crippen LogP contribution in [0.15, 0.2) is 72.4 Å². The van der Waals surface area contributed by atoms with E-state index < -0.39 is 0 Å². The van der Waals surface area contributed by atoms with Crippen LogP contribution in [0.5, 0.6) is 0 Å². The third-order valence-corrected chi connectivity index (χ3v) is 10.6. The first kappa shape index (κ1) is 24.3. The molecule has 1 N–H and O–H groups in total. The Balaban J connectivity index is 1.25. The molecule has 3 fully saturated rings. The Kier molecular flexibility index (Phi) is 5.93. The van der Waals surface area contributed by atoms with Gasteiger partial charge in [0.2, 0.25) is 11.8 Å². The topological polar surface area (TPSA) is 52.7 Å². The number of piperidine rings is 1. The van der Waals surface area contributed by atoms with Gasteiger partial charge in [0.1, 0.15) is 0 Å². The Morgan fingerprint density at radius 1 is 0.919 bits per heavy atom. The number of carbonyl (C=O) groups excluding carboxylic acids is 2. The van der Waals surface area contributed by atoms with Crippen molar-refractivity contribution < 1.29 is 9.59 Å². The summed E-state index contributed by atoms with van der Waals surface area (Å²) in [6.07, 6.45) is 9.27. The van der Waals surface area contributed by atoms with Crippen molar-refractivity contribution in [3.63, 3.8) is 0 Å². The summed E-state index contributed by atoms with van der Waals surface area (Å²) in [5.41, 5.74) is 6.57. The quantitative estimate of drug-likeness (QED) is 0.493. The van der Waals surface area contributed by atoms with Gasteiger partial charge < -0.3 is 4.90 Å². The summed E-state index contributed by atoms with van der Waals surface area (Å²) in [5, 5.41) is 1.94. The minimum absolute atomic E-state index is 0.00200.